The van der Waals surface area contributed by atoms with Crippen LogP contribution < -0.4 is 10.2 Å². The molecule has 0 radical (unpaired) electrons. The maximum atomic E-state index is 12.8. The Balaban J connectivity index is 1.78. The van der Waals surface area contributed by atoms with Crippen LogP contribution in [0.4, 0.5) is 5.69 Å². The molecule has 1 aromatic carbocycles. The summed E-state index contributed by atoms with van der Waals surface area (Å²) in [5, 5.41) is 2.80. The van der Waals surface area contributed by atoms with E-state index >= 15 is 0 Å². The molecule has 1 fully saturated rings. The van der Waals surface area contributed by atoms with E-state index in [1.807, 2.05) is 48.2 Å². The number of benzene rings is 1. The molecule has 1 aliphatic heterocycles. The van der Waals surface area contributed by atoms with Crippen LogP contribution in [-0.2, 0) is 4.79 Å². The summed E-state index contributed by atoms with van der Waals surface area (Å²) in [5.74, 6) is -0.148. The highest BCUT2D eigenvalue weighted by molar-refractivity contribution is 5.93. The molecular formula is C19H22N4O2. The first-order chi connectivity index (χ1) is 12.1. The van der Waals surface area contributed by atoms with Crippen LogP contribution in [0.1, 0.15) is 29.0 Å². The van der Waals surface area contributed by atoms with Gasteiger partial charge < -0.3 is 15.1 Å². The first-order valence-electron chi connectivity index (χ1n) is 8.36. The molecule has 1 atom stereocenters. The lowest BCUT2D eigenvalue weighted by Crippen LogP contribution is -2.47. The van der Waals surface area contributed by atoms with Crippen LogP contribution in [-0.4, -0.2) is 48.4 Å². The van der Waals surface area contributed by atoms with Crippen molar-refractivity contribution in [2.75, 3.05) is 31.6 Å². The van der Waals surface area contributed by atoms with Crippen LogP contribution in [0.5, 0.6) is 0 Å². The van der Waals surface area contributed by atoms with Gasteiger partial charge in [-0.3, -0.25) is 14.6 Å². The third kappa shape index (κ3) is 3.79. The summed E-state index contributed by atoms with van der Waals surface area (Å²) >= 11 is 0. The molecule has 1 saturated heterocycles. The van der Waals surface area contributed by atoms with Gasteiger partial charge in [-0.15, -0.1) is 0 Å². The number of nitrogens with one attached hydrogen (secondary N) is 1. The molecule has 25 heavy (non-hydrogen) atoms. The summed E-state index contributed by atoms with van der Waals surface area (Å²) in [6, 6.07) is 13.4. The van der Waals surface area contributed by atoms with Gasteiger partial charge in [0, 0.05) is 32.0 Å². The van der Waals surface area contributed by atoms with Crippen LogP contribution in [0.3, 0.4) is 0 Å². The highest BCUT2D eigenvalue weighted by atomic mass is 16.2. The normalized spacial score (nSPS) is 15.4. The summed E-state index contributed by atoms with van der Waals surface area (Å²) in [6.45, 7) is 3.62. The summed E-state index contributed by atoms with van der Waals surface area (Å²) in [7, 11) is 1.78. The Morgan fingerprint density at radius 2 is 2.04 bits per heavy atom. The molecule has 1 N–H and O–H groups in total. The minimum absolute atomic E-state index is 0.00856. The molecule has 0 unspecified atom stereocenters. The topological polar surface area (TPSA) is 65.5 Å². The van der Waals surface area contributed by atoms with Crippen molar-refractivity contribution < 1.29 is 9.59 Å². The van der Waals surface area contributed by atoms with Gasteiger partial charge in [0.05, 0.1) is 12.6 Å². The van der Waals surface area contributed by atoms with Crippen LogP contribution in [0.25, 0.3) is 0 Å². The van der Waals surface area contributed by atoms with Crippen molar-refractivity contribution in [1.29, 1.82) is 0 Å². The van der Waals surface area contributed by atoms with Crippen LogP contribution >= 0.6 is 0 Å². The van der Waals surface area contributed by atoms with Crippen molar-refractivity contribution in [3.05, 3.63) is 59.9 Å². The fourth-order valence-corrected chi connectivity index (χ4v) is 2.90. The molecule has 0 bridgehead atoms. The van der Waals surface area contributed by atoms with Gasteiger partial charge in [0.15, 0.2) is 0 Å². The van der Waals surface area contributed by atoms with E-state index < -0.39 is 0 Å². The van der Waals surface area contributed by atoms with Crippen LogP contribution in [0.15, 0.2) is 48.7 Å². The lowest BCUT2D eigenvalue weighted by molar-refractivity contribution is -0.120. The zero-order valence-corrected chi connectivity index (χ0v) is 14.5. The second-order valence-corrected chi connectivity index (χ2v) is 6.17. The number of anilines is 1. The maximum absolute atomic E-state index is 12.8. The SMILES string of the molecule is C[C@@H](c1ccccc1)N(C)C(=O)c1cc(N2CCNC(=O)C2)ccn1. The minimum Gasteiger partial charge on any atom is -0.360 e. The van der Waals surface area contributed by atoms with E-state index in [1.165, 1.54) is 0 Å². The third-order valence-electron chi connectivity index (χ3n) is 4.55. The van der Waals surface area contributed by atoms with Gasteiger partial charge in [-0.1, -0.05) is 30.3 Å². The van der Waals surface area contributed by atoms with Gasteiger partial charge in [-0.25, -0.2) is 0 Å². The molecule has 0 spiro atoms. The van der Waals surface area contributed by atoms with Gasteiger partial charge in [0.1, 0.15) is 5.69 Å². The average Bonchev–Trinajstić information content (AvgIpc) is 2.67. The number of carbonyl (C=O) groups is 2. The molecule has 2 heterocycles. The highest BCUT2D eigenvalue weighted by Gasteiger charge is 2.22. The van der Waals surface area contributed by atoms with Crippen LogP contribution in [0, 0.1) is 0 Å². The first-order valence-corrected chi connectivity index (χ1v) is 8.36. The van der Waals surface area contributed by atoms with Crippen molar-refractivity contribution in [3.63, 3.8) is 0 Å². The molecule has 6 nitrogen and oxygen atoms in total. The number of hydrogen-bond donors (Lipinski definition) is 1. The molecule has 3 rings (SSSR count). The third-order valence-corrected chi connectivity index (χ3v) is 4.55. The predicted molar refractivity (Wildman–Crippen MR) is 96.4 cm³/mol. The smallest absolute Gasteiger partial charge is 0.272 e. The zero-order chi connectivity index (χ0) is 17.8. The number of pyridine rings is 1. The second-order valence-electron chi connectivity index (χ2n) is 6.17. The number of piperazine rings is 1. The number of amides is 2. The van der Waals surface area contributed by atoms with E-state index in [-0.39, 0.29) is 17.9 Å². The average molecular weight is 338 g/mol. The van der Waals surface area contributed by atoms with Gasteiger partial charge in [0.25, 0.3) is 5.91 Å². The fourth-order valence-electron chi connectivity index (χ4n) is 2.90. The molecule has 0 aliphatic carbocycles. The van der Waals surface area contributed by atoms with E-state index in [0.717, 1.165) is 17.8 Å². The number of aromatic nitrogens is 1. The maximum Gasteiger partial charge on any atom is 0.272 e. The molecule has 130 valence electrons. The van der Waals surface area contributed by atoms with Gasteiger partial charge in [-0.05, 0) is 24.6 Å². The second kappa shape index (κ2) is 7.34. The molecule has 2 amide bonds. The van der Waals surface area contributed by atoms with E-state index in [2.05, 4.69) is 10.3 Å². The molecule has 1 aliphatic rings. The Bertz CT molecular complexity index is 763. The number of rotatable bonds is 4. The van der Waals surface area contributed by atoms with Crippen LogP contribution in [0.2, 0.25) is 0 Å². The first kappa shape index (κ1) is 17.0. The predicted octanol–water partition coefficient (Wildman–Crippen LogP) is 1.85. The summed E-state index contributed by atoms with van der Waals surface area (Å²) < 4.78 is 0. The van der Waals surface area contributed by atoms with Crippen molar-refractivity contribution in [2.45, 2.75) is 13.0 Å². The molecule has 6 heteroatoms. The summed E-state index contributed by atoms with van der Waals surface area (Å²) in [5.41, 5.74) is 2.30. The van der Waals surface area contributed by atoms with E-state index in [1.54, 1.807) is 24.2 Å². The largest absolute Gasteiger partial charge is 0.360 e. The molecule has 2 aromatic rings. The van der Waals surface area contributed by atoms with Crippen molar-refractivity contribution in [3.8, 4) is 0 Å². The van der Waals surface area contributed by atoms with Gasteiger partial charge >= 0.3 is 0 Å². The Morgan fingerprint density at radius 3 is 2.76 bits per heavy atom. The number of nitrogens with zero attached hydrogens (tertiary/aromatic N) is 3. The number of carbonyl (C=O) groups excluding carboxylic acids is 2. The Hall–Kier alpha value is -2.89. The minimum atomic E-state index is -0.139. The zero-order valence-electron chi connectivity index (χ0n) is 14.5. The highest BCUT2D eigenvalue weighted by Crippen LogP contribution is 2.22. The van der Waals surface area contributed by atoms with Gasteiger partial charge in [-0.2, -0.15) is 0 Å². The van der Waals surface area contributed by atoms with Crippen molar-refractivity contribution >= 4 is 17.5 Å². The molecular weight excluding hydrogens is 316 g/mol. The Morgan fingerprint density at radius 1 is 1.28 bits per heavy atom. The van der Waals surface area contributed by atoms with E-state index in [9.17, 15) is 9.59 Å². The standard InChI is InChI=1S/C19H22N4O2/c1-14(15-6-4-3-5-7-15)22(2)19(25)17-12-16(8-9-20-17)23-11-10-21-18(24)13-23/h3-9,12,14H,10-11,13H2,1-2H3,(H,21,24)/t14-/m0/s1. The lowest BCUT2D eigenvalue weighted by atomic mass is 10.1. The molecule has 0 saturated carbocycles. The number of hydrogen-bond acceptors (Lipinski definition) is 4. The summed E-state index contributed by atoms with van der Waals surface area (Å²) in [4.78, 5) is 32.3. The Kier molecular flexibility index (Phi) is 4.97. The summed E-state index contributed by atoms with van der Waals surface area (Å²) in [6.07, 6.45) is 1.62. The van der Waals surface area contributed by atoms with Gasteiger partial charge in [0.2, 0.25) is 5.91 Å². The lowest BCUT2D eigenvalue weighted by Gasteiger charge is -2.29. The molecule has 1 aromatic heterocycles. The monoisotopic (exact) mass is 338 g/mol. The van der Waals surface area contributed by atoms with E-state index in [4.69, 9.17) is 0 Å². The fraction of sp³-hybridized carbons (Fsp3) is 0.316. The van der Waals surface area contributed by atoms with Crippen molar-refractivity contribution in [2.24, 2.45) is 0 Å². The van der Waals surface area contributed by atoms with E-state index in [0.29, 0.717) is 18.8 Å². The quantitative estimate of drug-likeness (QED) is 0.924. The Labute approximate surface area is 147 Å². The van der Waals surface area contributed by atoms with Crippen molar-refractivity contribution in [1.82, 2.24) is 15.2 Å².